The molecule has 0 fully saturated rings. The minimum absolute atomic E-state index is 0.665. The number of aliphatic imine (C=N–C) groups is 1. The van der Waals surface area contributed by atoms with Gasteiger partial charge in [-0.2, -0.15) is 0 Å². The molecule has 0 saturated heterocycles. The molecule has 0 aromatic heterocycles. The fourth-order valence-corrected chi connectivity index (χ4v) is 2.21. The Balaban J connectivity index is 2.41. The van der Waals surface area contributed by atoms with Gasteiger partial charge in [-0.1, -0.05) is 18.2 Å². The second-order valence-electron chi connectivity index (χ2n) is 4.68. The number of hydrogen-bond acceptors (Lipinski definition) is 2. The van der Waals surface area contributed by atoms with Crippen LogP contribution in [0.2, 0.25) is 0 Å². The standard InChI is InChI=1S/C16H28N4/c1-4-19(5-2)16(17)18-13-10-14-20(6-3)15-11-8-7-9-12-15/h7-9,11-12H,4-6,10,13-14H2,1-3H3,(H2,17,18). The first kappa shape index (κ1) is 16.3. The van der Waals surface area contributed by atoms with E-state index in [0.29, 0.717) is 5.96 Å². The van der Waals surface area contributed by atoms with Crippen LogP contribution in [0.25, 0.3) is 0 Å². The molecule has 4 nitrogen and oxygen atoms in total. The Labute approximate surface area is 123 Å². The van der Waals surface area contributed by atoms with Crippen LogP contribution in [-0.4, -0.2) is 43.6 Å². The van der Waals surface area contributed by atoms with Gasteiger partial charge in [0.05, 0.1) is 0 Å². The van der Waals surface area contributed by atoms with E-state index in [0.717, 1.165) is 39.1 Å². The Bertz CT molecular complexity index is 385. The molecule has 4 heteroatoms. The van der Waals surface area contributed by atoms with Crippen molar-refractivity contribution < 1.29 is 0 Å². The molecule has 0 amide bonds. The molecule has 0 heterocycles. The minimum atomic E-state index is 0.665. The monoisotopic (exact) mass is 276 g/mol. The van der Waals surface area contributed by atoms with Gasteiger partial charge in [-0.15, -0.1) is 0 Å². The van der Waals surface area contributed by atoms with Gasteiger partial charge < -0.3 is 15.5 Å². The van der Waals surface area contributed by atoms with Crippen molar-refractivity contribution >= 4 is 11.6 Å². The zero-order valence-electron chi connectivity index (χ0n) is 13.0. The summed E-state index contributed by atoms with van der Waals surface area (Å²) in [5, 5.41) is 0. The van der Waals surface area contributed by atoms with Crippen molar-refractivity contribution in [1.29, 1.82) is 0 Å². The fraction of sp³-hybridized carbons (Fsp3) is 0.562. The highest BCUT2D eigenvalue weighted by Gasteiger charge is 2.04. The molecular weight excluding hydrogens is 248 g/mol. The topological polar surface area (TPSA) is 44.9 Å². The van der Waals surface area contributed by atoms with Crippen LogP contribution >= 0.6 is 0 Å². The largest absolute Gasteiger partial charge is 0.372 e. The van der Waals surface area contributed by atoms with E-state index in [1.165, 1.54) is 5.69 Å². The van der Waals surface area contributed by atoms with Gasteiger partial charge in [0.15, 0.2) is 5.96 Å². The minimum Gasteiger partial charge on any atom is -0.372 e. The summed E-state index contributed by atoms with van der Waals surface area (Å²) in [4.78, 5) is 8.90. The summed E-state index contributed by atoms with van der Waals surface area (Å²) in [7, 11) is 0. The number of benzene rings is 1. The van der Waals surface area contributed by atoms with Crippen LogP contribution in [0.4, 0.5) is 5.69 Å². The van der Waals surface area contributed by atoms with Crippen LogP contribution in [0.15, 0.2) is 35.3 Å². The Morgan fingerprint density at radius 3 is 2.25 bits per heavy atom. The van der Waals surface area contributed by atoms with E-state index in [1.807, 2.05) is 6.07 Å². The molecule has 112 valence electrons. The average Bonchev–Trinajstić information content (AvgIpc) is 2.49. The number of hydrogen-bond donors (Lipinski definition) is 1. The maximum absolute atomic E-state index is 5.96. The molecule has 20 heavy (non-hydrogen) atoms. The lowest BCUT2D eigenvalue weighted by atomic mass is 10.2. The molecule has 0 aliphatic heterocycles. The molecule has 0 unspecified atom stereocenters. The van der Waals surface area contributed by atoms with Crippen LogP contribution in [-0.2, 0) is 0 Å². The second-order valence-corrected chi connectivity index (χ2v) is 4.68. The number of nitrogens with zero attached hydrogens (tertiary/aromatic N) is 3. The zero-order valence-corrected chi connectivity index (χ0v) is 13.0. The van der Waals surface area contributed by atoms with Gasteiger partial charge in [-0.05, 0) is 39.3 Å². The van der Waals surface area contributed by atoms with Crippen molar-refractivity contribution in [3.05, 3.63) is 30.3 Å². The Morgan fingerprint density at radius 1 is 1.05 bits per heavy atom. The third-order valence-corrected chi connectivity index (χ3v) is 3.45. The van der Waals surface area contributed by atoms with E-state index >= 15 is 0 Å². The van der Waals surface area contributed by atoms with Crippen molar-refractivity contribution in [3.8, 4) is 0 Å². The Kier molecular flexibility index (Phi) is 7.55. The van der Waals surface area contributed by atoms with Gasteiger partial charge in [-0.25, -0.2) is 0 Å². The van der Waals surface area contributed by atoms with E-state index in [9.17, 15) is 0 Å². The normalized spacial score (nSPS) is 11.4. The second kappa shape index (κ2) is 9.23. The molecule has 0 aliphatic carbocycles. The third-order valence-electron chi connectivity index (χ3n) is 3.45. The van der Waals surface area contributed by atoms with Crippen LogP contribution in [0.1, 0.15) is 27.2 Å². The summed E-state index contributed by atoms with van der Waals surface area (Å²) in [5.74, 6) is 0.665. The van der Waals surface area contributed by atoms with E-state index in [2.05, 4.69) is 59.8 Å². The van der Waals surface area contributed by atoms with Crippen LogP contribution < -0.4 is 10.6 Å². The Morgan fingerprint density at radius 2 is 1.70 bits per heavy atom. The number of rotatable bonds is 8. The van der Waals surface area contributed by atoms with Crippen molar-refractivity contribution in [2.24, 2.45) is 10.7 Å². The predicted octanol–water partition coefficient (Wildman–Crippen LogP) is 2.56. The first-order chi connectivity index (χ1) is 9.72. The van der Waals surface area contributed by atoms with Gasteiger partial charge in [0.2, 0.25) is 0 Å². The summed E-state index contributed by atoms with van der Waals surface area (Å²) in [6.07, 6.45) is 1.02. The third kappa shape index (κ3) is 5.11. The van der Waals surface area contributed by atoms with E-state index in [-0.39, 0.29) is 0 Å². The molecule has 0 bridgehead atoms. The SMILES string of the molecule is CCN(CC)C(N)=NCCCN(CC)c1ccccc1. The molecule has 0 spiro atoms. The summed E-state index contributed by atoms with van der Waals surface area (Å²) < 4.78 is 0. The van der Waals surface area contributed by atoms with Gasteiger partial charge in [0, 0.05) is 38.4 Å². The summed E-state index contributed by atoms with van der Waals surface area (Å²) in [5.41, 5.74) is 7.24. The molecular formula is C16H28N4. The molecule has 1 rings (SSSR count). The van der Waals surface area contributed by atoms with Gasteiger partial charge in [0.1, 0.15) is 0 Å². The molecule has 2 N–H and O–H groups in total. The number of nitrogens with two attached hydrogens (primary N) is 1. The van der Waals surface area contributed by atoms with E-state index in [4.69, 9.17) is 5.73 Å². The van der Waals surface area contributed by atoms with Gasteiger partial charge in [-0.3, -0.25) is 4.99 Å². The van der Waals surface area contributed by atoms with E-state index in [1.54, 1.807) is 0 Å². The summed E-state index contributed by atoms with van der Waals surface area (Å²) in [6.45, 7) is 11.0. The smallest absolute Gasteiger partial charge is 0.191 e. The van der Waals surface area contributed by atoms with E-state index < -0.39 is 0 Å². The van der Waals surface area contributed by atoms with Crippen LogP contribution in [0, 0.1) is 0 Å². The first-order valence-corrected chi connectivity index (χ1v) is 7.57. The fourth-order valence-electron chi connectivity index (χ4n) is 2.21. The van der Waals surface area contributed by atoms with Crippen molar-refractivity contribution in [1.82, 2.24) is 4.90 Å². The first-order valence-electron chi connectivity index (χ1n) is 7.57. The quantitative estimate of drug-likeness (QED) is 0.451. The highest BCUT2D eigenvalue weighted by Crippen LogP contribution is 2.12. The lowest BCUT2D eigenvalue weighted by molar-refractivity contribution is 0.458. The lowest BCUT2D eigenvalue weighted by Crippen LogP contribution is -2.37. The molecule has 1 aromatic rings. The van der Waals surface area contributed by atoms with Crippen molar-refractivity contribution in [2.45, 2.75) is 27.2 Å². The van der Waals surface area contributed by atoms with Crippen molar-refractivity contribution in [3.63, 3.8) is 0 Å². The van der Waals surface area contributed by atoms with Crippen molar-refractivity contribution in [2.75, 3.05) is 37.6 Å². The molecule has 0 radical (unpaired) electrons. The summed E-state index contributed by atoms with van der Waals surface area (Å²) in [6, 6.07) is 10.5. The summed E-state index contributed by atoms with van der Waals surface area (Å²) >= 11 is 0. The van der Waals surface area contributed by atoms with Gasteiger partial charge in [0.25, 0.3) is 0 Å². The maximum atomic E-state index is 5.96. The molecule has 0 aliphatic rings. The highest BCUT2D eigenvalue weighted by molar-refractivity contribution is 5.77. The highest BCUT2D eigenvalue weighted by atomic mass is 15.2. The van der Waals surface area contributed by atoms with Crippen LogP contribution in [0.3, 0.4) is 0 Å². The Hall–Kier alpha value is -1.71. The maximum Gasteiger partial charge on any atom is 0.191 e. The lowest BCUT2D eigenvalue weighted by Gasteiger charge is -2.23. The zero-order chi connectivity index (χ0) is 14.8. The average molecular weight is 276 g/mol. The van der Waals surface area contributed by atoms with Gasteiger partial charge >= 0.3 is 0 Å². The molecule has 1 aromatic carbocycles. The number of anilines is 1. The van der Waals surface area contributed by atoms with Crippen LogP contribution in [0.5, 0.6) is 0 Å². The molecule has 0 atom stereocenters. The predicted molar refractivity (Wildman–Crippen MR) is 88.4 cm³/mol. The number of guanidine groups is 1. The number of para-hydroxylation sites is 1. The molecule has 0 saturated carbocycles.